The van der Waals surface area contributed by atoms with Crippen LogP contribution in [-0.2, 0) is 0 Å². The maximum absolute atomic E-state index is 2.42. The number of hydrogen-bond donors (Lipinski definition) is 0. The first-order valence-electron chi connectivity index (χ1n) is 18.5. The predicted octanol–water partition coefficient (Wildman–Crippen LogP) is 14.8. The van der Waals surface area contributed by atoms with Crippen LogP contribution < -0.4 is 9.80 Å². The Balaban J connectivity index is 1.02. The largest absolute Gasteiger partial charge is 0.311 e. The Morgan fingerprint density at radius 3 is 1.31 bits per heavy atom. The Morgan fingerprint density at radius 1 is 0.296 bits per heavy atom. The van der Waals surface area contributed by atoms with Crippen LogP contribution in [0.2, 0.25) is 0 Å². The molecule has 0 aliphatic carbocycles. The van der Waals surface area contributed by atoms with Crippen LogP contribution in [0.25, 0.3) is 55.3 Å². The van der Waals surface area contributed by atoms with Crippen LogP contribution >= 0.6 is 0 Å². The van der Waals surface area contributed by atoms with Crippen molar-refractivity contribution in [3.8, 4) is 44.5 Å². The zero-order valence-electron chi connectivity index (χ0n) is 29.7. The first kappa shape index (κ1) is 31.6. The van der Waals surface area contributed by atoms with Crippen LogP contribution in [0.3, 0.4) is 0 Å². The van der Waals surface area contributed by atoms with Gasteiger partial charge in [0.05, 0.1) is 11.4 Å². The summed E-state index contributed by atoms with van der Waals surface area (Å²) in [7, 11) is 0. The Kier molecular flexibility index (Phi) is 7.85. The third kappa shape index (κ3) is 5.62. The minimum absolute atomic E-state index is 1.10. The minimum Gasteiger partial charge on any atom is -0.311 e. The number of benzene rings is 9. The highest BCUT2D eigenvalue weighted by atomic mass is 15.2. The molecule has 0 spiro atoms. The summed E-state index contributed by atoms with van der Waals surface area (Å²) < 4.78 is 0. The van der Waals surface area contributed by atoms with E-state index in [-0.39, 0.29) is 0 Å². The third-order valence-corrected chi connectivity index (χ3v) is 10.6. The fourth-order valence-corrected chi connectivity index (χ4v) is 7.98. The van der Waals surface area contributed by atoms with Crippen molar-refractivity contribution in [1.29, 1.82) is 0 Å². The fraction of sp³-hybridized carbons (Fsp3) is 0. The topological polar surface area (TPSA) is 6.48 Å². The Labute approximate surface area is 316 Å². The lowest BCUT2D eigenvalue weighted by atomic mass is 9.90. The van der Waals surface area contributed by atoms with Crippen molar-refractivity contribution in [1.82, 2.24) is 0 Å². The van der Waals surface area contributed by atoms with Gasteiger partial charge in [-0.3, -0.25) is 0 Å². The molecule has 9 aromatic rings. The van der Waals surface area contributed by atoms with Gasteiger partial charge in [-0.1, -0.05) is 158 Å². The molecule has 1 heterocycles. The molecule has 2 nitrogen and oxygen atoms in total. The highest BCUT2D eigenvalue weighted by Crippen LogP contribution is 2.51. The molecule has 54 heavy (non-hydrogen) atoms. The van der Waals surface area contributed by atoms with Crippen molar-refractivity contribution in [2.24, 2.45) is 0 Å². The number of fused-ring (bicyclic) bond motifs is 2. The SMILES string of the molecule is c1ccc(-c2ccc(N(c3ccc(-c4ccccc4)cc3)c3ccc(-c4cccc(N5c6ccccc6-c6cccc7cccc5c67)c4)cc3)cc2)cc1. The van der Waals surface area contributed by atoms with E-state index in [2.05, 4.69) is 228 Å². The molecule has 0 fully saturated rings. The molecule has 10 rings (SSSR count). The molecule has 254 valence electrons. The molecule has 0 bridgehead atoms. The number of anilines is 6. The molecule has 0 unspecified atom stereocenters. The molecule has 0 saturated carbocycles. The summed E-state index contributed by atoms with van der Waals surface area (Å²) in [4.78, 5) is 4.76. The highest BCUT2D eigenvalue weighted by Gasteiger charge is 2.25. The summed E-state index contributed by atoms with van der Waals surface area (Å²) in [5, 5.41) is 2.55. The molecule has 0 radical (unpaired) electrons. The van der Waals surface area contributed by atoms with Crippen LogP contribution in [0.5, 0.6) is 0 Å². The van der Waals surface area contributed by atoms with Crippen molar-refractivity contribution in [3.05, 3.63) is 218 Å². The average Bonchev–Trinajstić information content (AvgIpc) is 3.25. The van der Waals surface area contributed by atoms with E-state index in [1.807, 2.05) is 0 Å². The zero-order chi connectivity index (χ0) is 35.8. The van der Waals surface area contributed by atoms with Crippen LogP contribution in [0.15, 0.2) is 218 Å². The van der Waals surface area contributed by atoms with Gasteiger partial charge in [0.25, 0.3) is 0 Å². The van der Waals surface area contributed by atoms with Gasteiger partial charge in [0.15, 0.2) is 0 Å². The van der Waals surface area contributed by atoms with Gasteiger partial charge in [-0.2, -0.15) is 0 Å². The lowest BCUT2D eigenvalue weighted by Crippen LogP contribution is -2.14. The molecule has 9 aromatic carbocycles. The third-order valence-electron chi connectivity index (χ3n) is 10.6. The van der Waals surface area contributed by atoms with E-state index in [0.717, 1.165) is 22.7 Å². The van der Waals surface area contributed by atoms with E-state index in [0.29, 0.717) is 0 Å². The van der Waals surface area contributed by atoms with Crippen molar-refractivity contribution >= 4 is 44.9 Å². The standard InChI is InChI=1S/C52H36N2/c1-3-12-37(13-4-1)39-24-30-44(31-25-39)53(45-32-26-40(27-33-45)38-14-5-2-6-15-38)46-34-28-41(29-35-46)43-18-9-19-47(36-43)54-50-22-8-7-20-48(50)49-21-10-16-42-17-11-23-51(54)52(42)49/h1-36H. The predicted molar refractivity (Wildman–Crippen MR) is 229 cm³/mol. The van der Waals surface area contributed by atoms with Crippen LogP contribution in [0.1, 0.15) is 0 Å². The number of para-hydroxylation sites is 1. The van der Waals surface area contributed by atoms with Crippen molar-refractivity contribution in [3.63, 3.8) is 0 Å². The molecule has 0 amide bonds. The van der Waals surface area contributed by atoms with Crippen LogP contribution in [0.4, 0.5) is 34.1 Å². The van der Waals surface area contributed by atoms with Gasteiger partial charge in [0.2, 0.25) is 0 Å². The smallest absolute Gasteiger partial charge is 0.0546 e. The maximum Gasteiger partial charge on any atom is 0.0546 e. The second kappa shape index (κ2) is 13.4. The zero-order valence-corrected chi connectivity index (χ0v) is 29.7. The van der Waals surface area contributed by atoms with Crippen molar-refractivity contribution in [2.75, 3.05) is 9.80 Å². The fourth-order valence-electron chi connectivity index (χ4n) is 7.98. The molecule has 0 atom stereocenters. The molecule has 1 aliphatic rings. The van der Waals surface area contributed by atoms with Crippen LogP contribution in [0, 0.1) is 0 Å². The summed E-state index contributed by atoms with van der Waals surface area (Å²) in [5.41, 5.74) is 16.6. The molecule has 1 aliphatic heterocycles. The van der Waals surface area contributed by atoms with Gasteiger partial charge >= 0.3 is 0 Å². The van der Waals surface area contributed by atoms with Gasteiger partial charge in [0, 0.05) is 33.7 Å². The van der Waals surface area contributed by atoms with Crippen molar-refractivity contribution in [2.45, 2.75) is 0 Å². The summed E-state index contributed by atoms with van der Waals surface area (Å²) in [5.74, 6) is 0. The highest BCUT2D eigenvalue weighted by molar-refractivity contribution is 6.13. The van der Waals surface area contributed by atoms with E-state index in [1.165, 1.54) is 66.7 Å². The van der Waals surface area contributed by atoms with Gasteiger partial charge in [0.1, 0.15) is 0 Å². The minimum atomic E-state index is 1.10. The first-order chi connectivity index (χ1) is 26.8. The summed E-state index contributed by atoms with van der Waals surface area (Å²) in [6.07, 6.45) is 0. The van der Waals surface area contributed by atoms with E-state index in [4.69, 9.17) is 0 Å². The molecular weight excluding hydrogens is 653 g/mol. The molecule has 0 N–H and O–H groups in total. The van der Waals surface area contributed by atoms with E-state index in [1.54, 1.807) is 0 Å². The van der Waals surface area contributed by atoms with Gasteiger partial charge in [-0.05, 0) is 105 Å². The Morgan fingerprint density at radius 2 is 0.722 bits per heavy atom. The molecular formula is C52H36N2. The molecule has 0 saturated heterocycles. The normalized spacial score (nSPS) is 11.7. The van der Waals surface area contributed by atoms with Crippen molar-refractivity contribution < 1.29 is 0 Å². The maximum atomic E-state index is 2.42. The van der Waals surface area contributed by atoms with Gasteiger partial charge in [-0.15, -0.1) is 0 Å². The average molecular weight is 689 g/mol. The van der Waals surface area contributed by atoms with E-state index in [9.17, 15) is 0 Å². The van der Waals surface area contributed by atoms with E-state index < -0.39 is 0 Å². The Bertz CT molecular complexity index is 2650. The molecule has 2 heteroatoms. The summed E-state index contributed by atoms with van der Waals surface area (Å²) in [6, 6.07) is 78.8. The quantitative estimate of drug-likeness (QED) is 0.164. The number of nitrogens with zero attached hydrogens (tertiary/aromatic N) is 2. The van der Waals surface area contributed by atoms with Gasteiger partial charge in [-0.25, -0.2) is 0 Å². The van der Waals surface area contributed by atoms with Gasteiger partial charge < -0.3 is 9.80 Å². The summed E-state index contributed by atoms with van der Waals surface area (Å²) >= 11 is 0. The molecule has 0 aromatic heterocycles. The lowest BCUT2D eigenvalue weighted by molar-refractivity contribution is 1.28. The van der Waals surface area contributed by atoms with Crippen LogP contribution in [-0.4, -0.2) is 0 Å². The number of hydrogen-bond acceptors (Lipinski definition) is 2. The number of rotatable bonds is 7. The first-order valence-corrected chi connectivity index (χ1v) is 18.5. The Hall–Kier alpha value is -7.16. The van der Waals surface area contributed by atoms with E-state index >= 15 is 0 Å². The second-order valence-electron chi connectivity index (χ2n) is 13.8. The summed E-state index contributed by atoms with van der Waals surface area (Å²) in [6.45, 7) is 0. The lowest BCUT2D eigenvalue weighted by Gasteiger charge is -2.33. The second-order valence-corrected chi connectivity index (χ2v) is 13.8. The monoisotopic (exact) mass is 688 g/mol.